The third kappa shape index (κ3) is 6.48. The van der Waals surface area contributed by atoms with Gasteiger partial charge in [-0.2, -0.15) is 5.09 Å². The molecule has 0 bridgehead atoms. The molecule has 2 N–H and O–H groups in total. The second-order valence-electron chi connectivity index (χ2n) is 12.6. The average molecular weight is 665 g/mol. The van der Waals surface area contributed by atoms with E-state index in [0.29, 0.717) is 29.2 Å². The van der Waals surface area contributed by atoms with Crippen molar-refractivity contribution < 1.29 is 41.8 Å². The van der Waals surface area contributed by atoms with E-state index >= 15 is 8.78 Å². The lowest BCUT2D eigenvalue weighted by Crippen LogP contribution is -2.47. The number of imidazole rings is 1. The summed E-state index contributed by atoms with van der Waals surface area (Å²) in [5.74, 6) is -2.83. The number of anilines is 1. The van der Waals surface area contributed by atoms with Gasteiger partial charge in [0.25, 0.3) is 5.85 Å². The van der Waals surface area contributed by atoms with E-state index in [0.717, 1.165) is 32.6 Å². The SMILES string of the molecule is Cc1nc(N(C2CC2)C2CC2)c2ncn([C@@H]3O[C@](F)(CO[P@](=O)(N[C@@H](C)C(=O)OC(C)C)Oc4ccccc4)[C@@H](O)[C@@]3(C)F)c2n1. The number of carbonyl (C=O) groups is 1. The fourth-order valence-electron chi connectivity index (χ4n) is 5.58. The molecular formula is C30H39F2N6O7P. The summed E-state index contributed by atoms with van der Waals surface area (Å²) in [4.78, 5) is 28.3. The number of hydrogen-bond acceptors (Lipinski definition) is 11. The third-order valence-corrected chi connectivity index (χ3v) is 9.71. The quantitative estimate of drug-likeness (QED) is 0.193. The molecule has 250 valence electrons. The van der Waals surface area contributed by atoms with Gasteiger partial charge in [-0.3, -0.25) is 13.9 Å². The van der Waals surface area contributed by atoms with Crippen LogP contribution in [0.4, 0.5) is 14.6 Å². The van der Waals surface area contributed by atoms with Gasteiger partial charge in [-0.05, 0) is 72.4 Å². The summed E-state index contributed by atoms with van der Waals surface area (Å²) in [7, 11) is -4.56. The number of aryl methyl sites for hydroxylation is 1. The summed E-state index contributed by atoms with van der Waals surface area (Å²) >= 11 is 0. The van der Waals surface area contributed by atoms with Crippen LogP contribution in [0.25, 0.3) is 11.2 Å². The van der Waals surface area contributed by atoms with Crippen LogP contribution in [0.2, 0.25) is 0 Å². The number of benzene rings is 1. The number of fused-ring (bicyclic) bond motifs is 1. The number of aliphatic hydroxyl groups is 1. The summed E-state index contributed by atoms with van der Waals surface area (Å²) in [5, 5.41) is 13.4. The summed E-state index contributed by atoms with van der Waals surface area (Å²) in [6.45, 7) is 6.13. The number of hydrogen-bond donors (Lipinski definition) is 2. The van der Waals surface area contributed by atoms with Crippen molar-refractivity contribution in [2.45, 2.75) is 108 Å². The molecule has 0 radical (unpaired) electrons. The molecule has 13 nitrogen and oxygen atoms in total. The molecule has 3 heterocycles. The van der Waals surface area contributed by atoms with Crippen molar-refractivity contribution in [3.63, 3.8) is 0 Å². The Labute approximate surface area is 265 Å². The number of nitrogens with zero attached hydrogens (tertiary/aromatic N) is 5. The maximum atomic E-state index is 16.5. The minimum Gasteiger partial charge on any atom is -0.462 e. The highest BCUT2D eigenvalue weighted by atomic mass is 31.2. The first-order valence-corrected chi connectivity index (χ1v) is 17.0. The van der Waals surface area contributed by atoms with Gasteiger partial charge in [0.1, 0.15) is 24.2 Å². The number of aromatic nitrogens is 4. The van der Waals surface area contributed by atoms with Gasteiger partial charge in [0.15, 0.2) is 35.0 Å². The maximum Gasteiger partial charge on any atom is 0.459 e. The largest absolute Gasteiger partial charge is 0.462 e. The number of para-hydroxylation sites is 1. The van der Waals surface area contributed by atoms with E-state index in [1.54, 1.807) is 39.0 Å². The molecule has 1 aromatic carbocycles. The van der Waals surface area contributed by atoms with Gasteiger partial charge in [0.05, 0.1) is 12.4 Å². The molecule has 2 aromatic heterocycles. The lowest BCUT2D eigenvalue weighted by atomic mass is 9.97. The van der Waals surface area contributed by atoms with Crippen LogP contribution in [-0.2, 0) is 23.4 Å². The molecule has 2 saturated carbocycles. The highest BCUT2D eigenvalue weighted by Crippen LogP contribution is 2.52. The number of alkyl halides is 2. The maximum absolute atomic E-state index is 16.5. The van der Waals surface area contributed by atoms with Gasteiger partial charge in [-0.25, -0.2) is 28.3 Å². The minimum absolute atomic E-state index is 0.0824. The molecule has 0 spiro atoms. The van der Waals surface area contributed by atoms with Gasteiger partial charge in [0, 0.05) is 12.1 Å². The number of nitrogens with one attached hydrogen (secondary N) is 1. The van der Waals surface area contributed by atoms with E-state index in [4.69, 9.17) is 18.5 Å². The zero-order chi connectivity index (χ0) is 33.0. The van der Waals surface area contributed by atoms with Crippen molar-refractivity contribution in [1.29, 1.82) is 0 Å². The van der Waals surface area contributed by atoms with E-state index in [9.17, 15) is 14.5 Å². The van der Waals surface area contributed by atoms with Crippen molar-refractivity contribution in [3.05, 3.63) is 42.5 Å². The minimum atomic E-state index is -4.56. The van der Waals surface area contributed by atoms with Crippen LogP contribution in [0.15, 0.2) is 36.7 Å². The monoisotopic (exact) mass is 664 g/mol. The Morgan fingerprint density at radius 2 is 1.83 bits per heavy atom. The highest BCUT2D eigenvalue weighted by Gasteiger charge is 2.65. The van der Waals surface area contributed by atoms with Crippen molar-refractivity contribution in [1.82, 2.24) is 24.6 Å². The Kier molecular flexibility index (Phi) is 8.60. The lowest BCUT2D eigenvalue weighted by molar-refractivity contribution is -0.202. The Balaban J connectivity index is 1.27. The molecule has 3 aromatic rings. The molecule has 6 atom stereocenters. The Morgan fingerprint density at radius 1 is 1.17 bits per heavy atom. The molecule has 16 heteroatoms. The van der Waals surface area contributed by atoms with Crippen molar-refractivity contribution in [2.75, 3.05) is 11.5 Å². The Hall–Kier alpha value is -3.23. The topological polar surface area (TPSA) is 150 Å². The fraction of sp³-hybridized carbons (Fsp3) is 0.600. The number of rotatable bonds is 13. The van der Waals surface area contributed by atoms with Gasteiger partial charge >= 0.3 is 13.7 Å². The number of esters is 1. The Bertz CT molecular complexity index is 1620. The summed E-state index contributed by atoms with van der Waals surface area (Å²) in [6, 6.07) is 7.35. The molecular weight excluding hydrogens is 625 g/mol. The predicted molar refractivity (Wildman–Crippen MR) is 163 cm³/mol. The average Bonchev–Trinajstić information content (AvgIpc) is 3.93. The van der Waals surface area contributed by atoms with E-state index in [-0.39, 0.29) is 11.4 Å². The number of halogens is 2. The van der Waals surface area contributed by atoms with Gasteiger partial charge in [0.2, 0.25) is 0 Å². The van der Waals surface area contributed by atoms with Crippen molar-refractivity contribution in [3.8, 4) is 5.75 Å². The molecule has 3 aliphatic rings. The van der Waals surface area contributed by atoms with Crippen LogP contribution in [0.1, 0.15) is 65.4 Å². The van der Waals surface area contributed by atoms with Crippen LogP contribution < -0.4 is 14.5 Å². The molecule has 1 saturated heterocycles. The normalized spacial score (nSPS) is 28.3. The predicted octanol–water partition coefficient (Wildman–Crippen LogP) is 4.68. The third-order valence-electron chi connectivity index (χ3n) is 8.08. The molecule has 0 amide bonds. The Morgan fingerprint density at radius 3 is 2.43 bits per heavy atom. The molecule has 3 fully saturated rings. The zero-order valence-corrected chi connectivity index (χ0v) is 27.2. The van der Waals surface area contributed by atoms with Crippen LogP contribution >= 0.6 is 7.75 Å². The first-order valence-electron chi connectivity index (χ1n) is 15.4. The summed E-state index contributed by atoms with van der Waals surface area (Å²) in [5.41, 5.74) is -2.08. The van der Waals surface area contributed by atoms with Crippen molar-refractivity contribution >= 4 is 30.7 Å². The second kappa shape index (κ2) is 12.1. The number of ether oxygens (including phenoxy) is 2. The molecule has 46 heavy (non-hydrogen) atoms. The zero-order valence-electron chi connectivity index (χ0n) is 26.3. The summed E-state index contributed by atoms with van der Waals surface area (Å²) in [6.07, 6.45) is 0.850. The first-order chi connectivity index (χ1) is 21.7. The standard InChI is InChI=1S/C30H39F2N6O7P/c1-17(2)43-26(39)18(3)36-46(41,45-22-9-7-6-8-10-22)42-15-30(32)27(40)29(5,31)28(44-30)37-16-33-23-24(37)34-19(4)35-25(23)38(20-11-12-20)21-13-14-21/h6-10,16-18,20-21,27-28,40H,11-15H2,1-5H3,(H,36,41)/t18-,27-,28+,29+,30+,46+/m0/s1. The molecule has 0 unspecified atom stereocenters. The van der Waals surface area contributed by atoms with Crippen LogP contribution in [0.5, 0.6) is 5.75 Å². The fourth-order valence-corrected chi connectivity index (χ4v) is 7.08. The number of aliphatic hydroxyl groups excluding tert-OH is 1. The molecule has 2 aliphatic carbocycles. The van der Waals surface area contributed by atoms with Gasteiger partial charge in [-0.1, -0.05) is 18.2 Å². The summed E-state index contributed by atoms with van der Waals surface area (Å²) < 4.78 is 69.7. The molecule has 6 rings (SSSR count). The lowest BCUT2D eigenvalue weighted by Gasteiger charge is -2.28. The number of carbonyl (C=O) groups excluding carboxylic acids is 1. The smallest absolute Gasteiger partial charge is 0.459 e. The van der Waals surface area contributed by atoms with Gasteiger partial charge in [-0.15, -0.1) is 0 Å². The molecule has 1 aliphatic heterocycles. The van der Waals surface area contributed by atoms with E-state index in [1.165, 1.54) is 30.0 Å². The van der Waals surface area contributed by atoms with Crippen LogP contribution in [0, 0.1) is 6.92 Å². The van der Waals surface area contributed by atoms with Gasteiger partial charge < -0.3 is 24.0 Å². The highest BCUT2D eigenvalue weighted by molar-refractivity contribution is 7.52. The van der Waals surface area contributed by atoms with Crippen LogP contribution in [0.3, 0.4) is 0 Å². The first kappa shape index (κ1) is 32.7. The second-order valence-corrected chi connectivity index (χ2v) is 14.3. The van der Waals surface area contributed by atoms with E-state index in [1.807, 2.05) is 0 Å². The van der Waals surface area contributed by atoms with Crippen molar-refractivity contribution in [2.24, 2.45) is 0 Å². The van der Waals surface area contributed by atoms with E-state index in [2.05, 4.69) is 24.9 Å². The van der Waals surface area contributed by atoms with E-state index < -0.39 is 56.3 Å². The van der Waals surface area contributed by atoms with Crippen LogP contribution in [-0.4, -0.2) is 79.1 Å².